The number of benzene rings is 1. The molecule has 1 fully saturated rings. The molecule has 1 unspecified atom stereocenters. The lowest BCUT2D eigenvalue weighted by Gasteiger charge is -2.17. The Hall–Kier alpha value is -1.19. The summed E-state index contributed by atoms with van der Waals surface area (Å²) in [4.78, 5) is 11.8. The molecule has 2 N–H and O–H groups in total. The Kier molecular flexibility index (Phi) is 3.70. The number of ketones is 1. The summed E-state index contributed by atoms with van der Waals surface area (Å²) in [6, 6.07) is 9.23. The zero-order valence-electron chi connectivity index (χ0n) is 9.23. The van der Waals surface area contributed by atoms with Crippen molar-refractivity contribution < 1.29 is 9.90 Å². The maximum atomic E-state index is 11.8. The largest absolute Gasteiger partial charge is 0.391 e. The molecule has 0 saturated carbocycles. The van der Waals surface area contributed by atoms with E-state index in [1.54, 1.807) is 12.1 Å². The standard InChI is InChI=1S/C13H17NO2/c15-12(10-5-2-1-3-6-10)9-13(16)11-7-4-8-14-11/h1-3,5-6,11,13-14,16H,4,7-9H2/t11-,13?/m0/s1. The Morgan fingerprint density at radius 2 is 2.19 bits per heavy atom. The Morgan fingerprint density at radius 1 is 1.44 bits per heavy atom. The summed E-state index contributed by atoms with van der Waals surface area (Å²) in [5.41, 5.74) is 0.680. The summed E-state index contributed by atoms with van der Waals surface area (Å²) in [5, 5.41) is 13.1. The Morgan fingerprint density at radius 3 is 2.81 bits per heavy atom. The maximum Gasteiger partial charge on any atom is 0.165 e. The zero-order chi connectivity index (χ0) is 11.4. The van der Waals surface area contributed by atoms with E-state index in [4.69, 9.17) is 0 Å². The van der Waals surface area contributed by atoms with Crippen LogP contribution in [0, 0.1) is 0 Å². The lowest BCUT2D eigenvalue weighted by Crippen LogP contribution is -2.36. The fourth-order valence-corrected chi connectivity index (χ4v) is 2.11. The van der Waals surface area contributed by atoms with Crippen LogP contribution in [0.3, 0.4) is 0 Å². The summed E-state index contributed by atoms with van der Waals surface area (Å²) >= 11 is 0. The Labute approximate surface area is 95.5 Å². The molecule has 86 valence electrons. The number of carbonyl (C=O) groups is 1. The molecular formula is C13H17NO2. The van der Waals surface area contributed by atoms with Crippen LogP contribution < -0.4 is 5.32 Å². The van der Waals surface area contributed by atoms with Crippen LogP contribution in [0.2, 0.25) is 0 Å². The number of Topliss-reactive ketones (excluding diaryl/α,β-unsaturated/α-hetero) is 1. The molecule has 2 rings (SSSR count). The highest BCUT2D eigenvalue weighted by Crippen LogP contribution is 2.14. The van der Waals surface area contributed by atoms with E-state index in [2.05, 4.69) is 5.32 Å². The molecule has 1 aromatic rings. The van der Waals surface area contributed by atoms with E-state index in [9.17, 15) is 9.90 Å². The van der Waals surface area contributed by atoms with Crippen LogP contribution in [-0.2, 0) is 0 Å². The smallest absolute Gasteiger partial charge is 0.165 e. The average Bonchev–Trinajstić information content (AvgIpc) is 2.83. The van der Waals surface area contributed by atoms with Gasteiger partial charge in [0, 0.05) is 18.0 Å². The quantitative estimate of drug-likeness (QED) is 0.752. The number of rotatable bonds is 4. The average molecular weight is 219 g/mol. The van der Waals surface area contributed by atoms with Crippen LogP contribution in [0.25, 0.3) is 0 Å². The number of hydrogen-bond donors (Lipinski definition) is 2. The number of aliphatic hydroxyl groups excluding tert-OH is 1. The van der Waals surface area contributed by atoms with Gasteiger partial charge < -0.3 is 10.4 Å². The molecule has 3 nitrogen and oxygen atoms in total. The van der Waals surface area contributed by atoms with E-state index in [0.29, 0.717) is 5.56 Å². The van der Waals surface area contributed by atoms with Gasteiger partial charge in [0.05, 0.1) is 6.10 Å². The van der Waals surface area contributed by atoms with Gasteiger partial charge in [0.1, 0.15) is 0 Å². The van der Waals surface area contributed by atoms with Gasteiger partial charge in [-0.15, -0.1) is 0 Å². The Bertz CT molecular complexity index is 344. The minimum Gasteiger partial charge on any atom is -0.391 e. The Balaban J connectivity index is 1.92. The van der Waals surface area contributed by atoms with Crippen LogP contribution in [-0.4, -0.2) is 29.6 Å². The van der Waals surface area contributed by atoms with E-state index >= 15 is 0 Å². The van der Waals surface area contributed by atoms with Crippen molar-refractivity contribution in [3.63, 3.8) is 0 Å². The number of hydrogen-bond acceptors (Lipinski definition) is 3. The molecule has 1 aromatic carbocycles. The van der Waals surface area contributed by atoms with E-state index in [0.717, 1.165) is 19.4 Å². The molecule has 1 heterocycles. The molecule has 16 heavy (non-hydrogen) atoms. The van der Waals surface area contributed by atoms with E-state index in [1.807, 2.05) is 18.2 Å². The van der Waals surface area contributed by atoms with Crippen LogP contribution in [0.4, 0.5) is 0 Å². The molecule has 0 spiro atoms. The van der Waals surface area contributed by atoms with Crippen molar-refractivity contribution in [2.24, 2.45) is 0 Å². The second kappa shape index (κ2) is 5.23. The van der Waals surface area contributed by atoms with Crippen molar-refractivity contribution in [1.29, 1.82) is 0 Å². The first kappa shape index (κ1) is 11.3. The van der Waals surface area contributed by atoms with Gasteiger partial charge in [-0.25, -0.2) is 0 Å². The molecule has 1 aliphatic rings. The molecular weight excluding hydrogens is 202 g/mol. The molecule has 1 aliphatic heterocycles. The highest BCUT2D eigenvalue weighted by molar-refractivity contribution is 5.96. The molecule has 0 aromatic heterocycles. The minimum atomic E-state index is -0.560. The predicted molar refractivity (Wildman–Crippen MR) is 62.4 cm³/mol. The molecule has 0 radical (unpaired) electrons. The topological polar surface area (TPSA) is 49.3 Å². The molecule has 3 heteroatoms. The third-order valence-electron chi connectivity index (χ3n) is 3.05. The third kappa shape index (κ3) is 2.68. The van der Waals surface area contributed by atoms with Crippen LogP contribution >= 0.6 is 0 Å². The molecule has 0 bridgehead atoms. The van der Waals surface area contributed by atoms with Crippen LogP contribution in [0.15, 0.2) is 30.3 Å². The monoisotopic (exact) mass is 219 g/mol. The minimum absolute atomic E-state index is 0.0156. The van der Waals surface area contributed by atoms with Crippen molar-refractivity contribution in [3.05, 3.63) is 35.9 Å². The van der Waals surface area contributed by atoms with E-state index in [1.165, 1.54) is 0 Å². The first-order valence-electron chi connectivity index (χ1n) is 5.77. The molecule has 1 saturated heterocycles. The van der Waals surface area contributed by atoms with Crippen molar-refractivity contribution in [3.8, 4) is 0 Å². The van der Waals surface area contributed by atoms with Crippen LogP contribution in [0.5, 0.6) is 0 Å². The fraction of sp³-hybridized carbons (Fsp3) is 0.462. The van der Waals surface area contributed by atoms with Gasteiger partial charge in [-0.2, -0.15) is 0 Å². The molecule has 0 aliphatic carbocycles. The summed E-state index contributed by atoms with van der Waals surface area (Å²) < 4.78 is 0. The first-order chi connectivity index (χ1) is 7.77. The second-order valence-electron chi connectivity index (χ2n) is 4.26. The van der Waals surface area contributed by atoms with Gasteiger partial charge in [0.15, 0.2) is 5.78 Å². The van der Waals surface area contributed by atoms with Gasteiger partial charge in [-0.3, -0.25) is 4.79 Å². The van der Waals surface area contributed by atoms with Crippen molar-refractivity contribution in [1.82, 2.24) is 5.32 Å². The van der Waals surface area contributed by atoms with Crippen molar-refractivity contribution >= 4 is 5.78 Å². The highest BCUT2D eigenvalue weighted by Gasteiger charge is 2.24. The van der Waals surface area contributed by atoms with Gasteiger partial charge in [-0.1, -0.05) is 30.3 Å². The van der Waals surface area contributed by atoms with Gasteiger partial charge in [-0.05, 0) is 19.4 Å². The molecule has 0 amide bonds. The number of carbonyl (C=O) groups excluding carboxylic acids is 1. The number of nitrogens with one attached hydrogen (secondary N) is 1. The summed E-state index contributed by atoms with van der Waals surface area (Å²) in [5.74, 6) is 0.0156. The lowest BCUT2D eigenvalue weighted by atomic mass is 10.00. The first-order valence-corrected chi connectivity index (χ1v) is 5.77. The van der Waals surface area contributed by atoms with Crippen LogP contribution in [0.1, 0.15) is 29.6 Å². The van der Waals surface area contributed by atoms with Gasteiger partial charge in [0.2, 0.25) is 0 Å². The van der Waals surface area contributed by atoms with Crippen molar-refractivity contribution in [2.45, 2.75) is 31.4 Å². The summed E-state index contributed by atoms with van der Waals surface area (Å²) in [7, 11) is 0. The van der Waals surface area contributed by atoms with Gasteiger partial charge in [0.25, 0.3) is 0 Å². The summed E-state index contributed by atoms with van der Waals surface area (Å²) in [6.45, 7) is 0.946. The zero-order valence-corrected chi connectivity index (χ0v) is 9.23. The second-order valence-corrected chi connectivity index (χ2v) is 4.26. The fourth-order valence-electron chi connectivity index (χ4n) is 2.11. The number of aliphatic hydroxyl groups is 1. The van der Waals surface area contributed by atoms with Gasteiger partial charge >= 0.3 is 0 Å². The van der Waals surface area contributed by atoms with E-state index < -0.39 is 6.10 Å². The SMILES string of the molecule is O=C(CC(O)[C@@H]1CCCN1)c1ccccc1. The lowest BCUT2D eigenvalue weighted by molar-refractivity contribution is 0.0819. The van der Waals surface area contributed by atoms with E-state index in [-0.39, 0.29) is 18.2 Å². The van der Waals surface area contributed by atoms with Crippen molar-refractivity contribution in [2.75, 3.05) is 6.54 Å². The molecule has 2 atom stereocenters. The highest BCUT2D eigenvalue weighted by atomic mass is 16.3. The third-order valence-corrected chi connectivity index (χ3v) is 3.05. The maximum absolute atomic E-state index is 11.8. The summed E-state index contributed by atoms with van der Waals surface area (Å²) in [6.07, 6.45) is 1.70. The normalized spacial score (nSPS) is 21.9. The predicted octanol–water partition coefficient (Wildman–Crippen LogP) is 1.37.